The third-order valence-electron chi connectivity index (χ3n) is 8.40. The van der Waals surface area contributed by atoms with Crippen molar-refractivity contribution in [3.8, 4) is 6.07 Å². The molecule has 2 saturated carbocycles. The fraction of sp³-hybridized carbons (Fsp3) is 0.917. The van der Waals surface area contributed by atoms with Gasteiger partial charge in [0.05, 0.1) is 24.5 Å². The van der Waals surface area contributed by atoms with Gasteiger partial charge >= 0.3 is 0 Å². The Morgan fingerprint density at radius 1 is 1.18 bits per heavy atom. The fourth-order valence-corrected chi connectivity index (χ4v) is 6.28. The summed E-state index contributed by atoms with van der Waals surface area (Å²) in [6.07, 6.45) is 9.61. The van der Waals surface area contributed by atoms with Gasteiger partial charge in [0, 0.05) is 44.2 Å². The summed E-state index contributed by atoms with van der Waals surface area (Å²) in [7, 11) is 3.87. The van der Waals surface area contributed by atoms with Gasteiger partial charge in [0.15, 0.2) is 0 Å². The molecule has 2 saturated heterocycles. The van der Waals surface area contributed by atoms with E-state index in [1.807, 2.05) is 0 Å². The molecule has 10 heteroatoms. The van der Waals surface area contributed by atoms with Crippen LogP contribution in [0.1, 0.15) is 57.8 Å². The van der Waals surface area contributed by atoms with E-state index in [-0.39, 0.29) is 36.2 Å². The summed E-state index contributed by atoms with van der Waals surface area (Å²) in [5.74, 6) is 0.0862. The Morgan fingerprint density at radius 3 is 2.79 bits per heavy atom. The van der Waals surface area contributed by atoms with Gasteiger partial charge < -0.3 is 20.7 Å². The van der Waals surface area contributed by atoms with E-state index >= 15 is 0 Å². The maximum Gasteiger partial charge on any atom is 0.224 e. The molecule has 4 rings (SSSR count). The van der Waals surface area contributed by atoms with Crippen LogP contribution in [0.5, 0.6) is 0 Å². The molecule has 34 heavy (non-hydrogen) atoms. The Morgan fingerprint density at radius 2 is 2.03 bits per heavy atom. The summed E-state index contributed by atoms with van der Waals surface area (Å²) in [5, 5.41) is 23.4. The zero-order valence-corrected chi connectivity index (χ0v) is 20.8. The molecule has 0 aromatic heterocycles. The van der Waals surface area contributed by atoms with E-state index in [1.54, 1.807) is 7.11 Å². The lowest BCUT2D eigenvalue weighted by Crippen LogP contribution is -2.58. The molecule has 0 bridgehead atoms. The first-order chi connectivity index (χ1) is 16.6. The SMILES string of the molecule is COC1CCCCC1[C@H](C#N)NC(=O)C1CCCC(NCC2NNC(C3CCNCN3)N2C)C1. The van der Waals surface area contributed by atoms with Crippen LogP contribution in [0.25, 0.3) is 0 Å². The van der Waals surface area contributed by atoms with Crippen molar-refractivity contribution in [2.24, 2.45) is 11.8 Å². The number of carbonyl (C=O) groups is 1. The molecule has 2 aliphatic heterocycles. The van der Waals surface area contributed by atoms with E-state index in [9.17, 15) is 10.1 Å². The summed E-state index contributed by atoms with van der Waals surface area (Å²) >= 11 is 0. The number of methoxy groups -OCH3 is 1. The zero-order valence-electron chi connectivity index (χ0n) is 20.8. The van der Waals surface area contributed by atoms with Gasteiger partial charge in [-0.05, 0) is 52.1 Å². The number of hydrogen-bond donors (Lipinski definition) is 6. The van der Waals surface area contributed by atoms with Crippen molar-refractivity contribution in [1.82, 2.24) is 37.0 Å². The molecule has 4 fully saturated rings. The number of nitrogens with one attached hydrogen (secondary N) is 6. The van der Waals surface area contributed by atoms with E-state index in [0.717, 1.165) is 77.5 Å². The normalized spacial score (nSPS) is 38.2. The van der Waals surface area contributed by atoms with Crippen molar-refractivity contribution in [2.75, 3.05) is 33.9 Å². The van der Waals surface area contributed by atoms with Crippen LogP contribution >= 0.6 is 0 Å². The lowest BCUT2D eigenvalue weighted by Gasteiger charge is -2.35. The predicted molar refractivity (Wildman–Crippen MR) is 130 cm³/mol. The van der Waals surface area contributed by atoms with Crippen LogP contribution in [-0.2, 0) is 9.53 Å². The third kappa shape index (κ3) is 6.26. The van der Waals surface area contributed by atoms with Crippen molar-refractivity contribution in [2.45, 2.75) is 94.3 Å². The minimum atomic E-state index is -0.464. The molecule has 1 amide bonds. The maximum absolute atomic E-state index is 13.1. The average Bonchev–Trinajstić information content (AvgIpc) is 3.26. The molecule has 0 aromatic rings. The van der Waals surface area contributed by atoms with Gasteiger partial charge in [0.2, 0.25) is 5.91 Å². The van der Waals surface area contributed by atoms with Gasteiger partial charge in [-0.25, -0.2) is 10.9 Å². The number of rotatable bonds is 8. The number of carbonyl (C=O) groups excluding carboxylic acids is 1. The standard InChI is InChI=1S/C24H44N8O2/c1-32-22(30-31-23(32)19-10-11-26-15-28-19)14-27-17-7-5-6-16(12-17)24(33)29-20(13-25)18-8-3-4-9-21(18)34-2/h16-23,26-28,30-31H,3-12,14-15H2,1-2H3,(H,29,33)/t16?,17?,18?,19?,20-,21?,22?,23?/m0/s1. The summed E-state index contributed by atoms with van der Waals surface area (Å²) in [6, 6.07) is 2.63. The molecular formula is C24H44N8O2. The van der Waals surface area contributed by atoms with E-state index in [1.165, 1.54) is 0 Å². The first-order valence-corrected chi connectivity index (χ1v) is 13.2. The first-order valence-electron chi connectivity index (χ1n) is 13.2. The highest BCUT2D eigenvalue weighted by Crippen LogP contribution is 2.30. The molecule has 0 aromatic carbocycles. The van der Waals surface area contributed by atoms with Crippen molar-refractivity contribution >= 4 is 5.91 Å². The Balaban J connectivity index is 1.23. The molecule has 4 aliphatic rings. The van der Waals surface area contributed by atoms with E-state index in [4.69, 9.17) is 4.74 Å². The monoisotopic (exact) mass is 476 g/mol. The third-order valence-corrected chi connectivity index (χ3v) is 8.40. The molecule has 10 nitrogen and oxygen atoms in total. The summed E-state index contributed by atoms with van der Waals surface area (Å²) in [5.41, 5.74) is 6.88. The fourth-order valence-electron chi connectivity index (χ4n) is 6.28. The first kappa shape index (κ1) is 25.8. The molecule has 2 heterocycles. The van der Waals surface area contributed by atoms with Crippen LogP contribution in [0.4, 0.5) is 0 Å². The molecule has 0 spiro atoms. The van der Waals surface area contributed by atoms with Crippen molar-refractivity contribution < 1.29 is 9.53 Å². The molecule has 7 unspecified atom stereocenters. The zero-order chi connectivity index (χ0) is 23.9. The maximum atomic E-state index is 13.1. The number of amides is 1. The number of hydrogen-bond acceptors (Lipinski definition) is 9. The highest BCUT2D eigenvalue weighted by molar-refractivity contribution is 5.79. The molecule has 8 atom stereocenters. The van der Waals surface area contributed by atoms with Gasteiger partial charge in [0.25, 0.3) is 0 Å². The van der Waals surface area contributed by atoms with Crippen molar-refractivity contribution in [3.05, 3.63) is 0 Å². The van der Waals surface area contributed by atoms with Gasteiger partial charge in [-0.3, -0.25) is 15.0 Å². The average molecular weight is 477 g/mol. The minimum Gasteiger partial charge on any atom is -0.381 e. The van der Waals surface area contributed by atoms with Crippen LogP contribution < -0.4 is 32.1 Å². The molecule has 2 aliphatic carbocycles. The smallest absolute Gasteiger partial charge is 0.224 e. The number of likely N-dealkylation sites (N-methyl/N-ethyl adjacent to an activating group) is 1. The Kier molecular flexibility index (Phi) is 9.53. The summed E-state index contributed by atoms with van der Waals surface area (Å²) in [4.78, 5) is 15.5. The van der Waals surface area contributed by atoms with E-state index in [0.29, 0.717) is 12.1 Å². The van der Waals surface area contributed by atoms with Gasteiger partial charge in [0.1, 0.15) is 6.04 Å². The Labute approximate surface area is 204 Å². The highest BCUT2D eigenvalue weighted by Gasteiger charge is 2.37. The minimum absolute atomic E-state index is 0.0355. The largest absolute Gasteiger partial charge is 0.381 e. The number of nitriles is 1. The second kappa shape index (κ2) is 12.6. The predicted octanol–water partition coefficient (Wildman–Crippen LogP) is -0.0508. The second-order valence-corrected chi connectivity index (χ2v) is 10.5. The molecule has 6 N–H and O–H groups in total. The highest BCUT2D eigenvalue weighted by atomic mass is 16.5. The number of ether oxygens (including phenoxy) is 1. The van der Waals surface area contributed by atoms with Crippen LogP contribution in [0.15, 0.2) is 0 Å². The van der Waals surface area contributed by atoms with Crippen LogP contribution in [0.3, 0.4) is 0 Å². The Bertz CT molecular complexity index is 697. The lowest BCUT2D eigenvalue weighted by atomic mass is 9.80. The topological polar surface area (TPSA) is 126 Å². The molecular weight excluding hydrogens is 432 g/mol. The number of hydrazine groups is 1. The molecule has 192 valence electrons. The van der Waals surface area contributed by atoms with Gasteiger partial charge in [-0.2, -0.15) is 5.26 Å². The van der Waals surface area contributed by atoms with Crippen molar-refractivity contribution in [1.29, 1.82) is 5.26 Å². The van der Waals surface area contributed by atoms with Crippen LogP contribution in [0, 0.1) is 23.2 Å². The van der Waals surface area contributed by atoms with Gasteiger partial charge in [-0.1, -0.05) is 19.3 Å². The van der Waals surface area contributed by atoms with E-state index < -0.39 is 6.04 Å². The van der Waals surface area contributed by atoms with Crippen LogP contribution in [0.2, 0.25) is 0 Å². The number of nitrogens with zero attached hydrogens (tertiary/aromatic N) is 2. The second-order valence-electron chi connectivity index (χ2n) is 10.5. The van der Waals surface area contributed by atoms with Crippen molar-refractivity contribution in [3.63, 3.8) is 0 Å². The molecule has 0 radical (unpaired) electrons. The van der Waals surface area contributed by atoms with E-state index in [2.05, 4.69) is 50.1 Å². The Hall–Kier alpha value is -1.32. The lowest BCUT2D eigenvalue weighted by molar-refractivity contribution is -0.127. The van der Waals surface area contributed by atoms with Crippen LogP contribution in [-0.4, -0.2) is 81.3 Å². The summed E-state index contributed by atoms with van der Waals surface area (Å²) in [6.45, 7) is 2.71. The van der Waals surface area contributed by atoms with Gasteiger partial charge in [-0.15, -0.1) is 0 Å². The quantitative estimate of drug-likeness (QED) is 0.286. The summed E-state index contributed by atoms with van der Waals surface area (Å²) < 4.78 is 5.63.